The summed E-state index contributed by atoms with van der Waals surface area (Å²) < 4.78 is 22.0. The first-order valence-electron chi connectivity index (χ1n) is 15.6. The number of benzene rings is 2. The number of nitrogens with zero attached hydrogens (tertiary/aromatic N) is 4. The number of aromatic nitrogens is 2. The molecule has 0 bridgehead atoms. The van der Waals surface area contributed by atoms with E-state index in [9.17, 15) is 19.5 Å². The average Bonchev–Trinajstić information content (AvgIpc) is 2.98. The number of rotatable bonds is 9. The molecule has 0 aliphatic carbocycles. The van der Waals surface area contributed by atoms with Crippen molar-refractivity contribution in [2.75, 3.05) is 23.5 Å². The van der Waals surface area contributed by atoms with E-state index in [1.54, 1.807) is 53.7 Å². The molecule has 13 nitrogen and oxygen atoms in total. The Morgan fingerprint density at radius 1 is 0.958 bits per heavy atom. The Balaban J connectivity index is 1.62. The first-order chi connectivity index (χ1) is 22.4. The van der Waals surface area contributed by atoms with Crippen LogP contribution in [0.5, 0.6) is 6.01 Å². The lowest BCUT2D eigenvalue weighted by Gasteiger charge is -2.35. The van der Waals surface area contributed by atoms with Crippen LogP contribution in [0.25, 0.3) is 0 Å². The van der Waals surface area contributed by atoms with Gasteiger partial charge in [-0.25, -0.2) is 14.5 Å². The van der Waals surface area contributed by atoms with Crippen LogP contribution in [0.2, 0.25) is 0 Å². The summed E-state index contributed by atoms with van der Waals surface area (Å²) in [7, 11) is 1.36. The van der Waals surface area contributed by atoms with E-state index >= 15 is 0 Å². The number of aliphatic hydroxyl groups excluding tert-OH is 1. The number of ether oxygens (including phenoxy) is 4. The lowest BCUT2D eigenvalue weighted by Crippen LogP contribution is -2.49. The molecule has 48 heavy (non-hydrogen) atoms. The van der Waals surface area contributed by atoms with E-state index in [0.717, 1.165) is 16.0 Å². The van der Waals surface area contributed by atoms with Crippen LogP contribution < -0.4 is 19.9 Å². The maximum atomic E-state index is 14.2. The van der Waals surface area contributed by atoms with Crippen LogP contribution in [0, 0.1) is 0 Å². The number of hydrogen-bond acceptors (Lipinski definition) is 10. The van der Waals surface area contributed by atoms with Crippen LogP contribution in [0.4, 0.5) is 21.1 Å². The molecule has 258 valence electrons. The van der Waals surface area contributed by atoms with E-state index in [0.29, 0.717) is 17.8 Å². The van der Waals surface area contributed by atoms with Gasteiger partial charge in [-0.15, -0.1) is 0 Å². The Morgan fingerprint density at radius 3 is 2.19 bits per heavy atom. The summed E-state index contributed by atoms with van der Waals surface area (Å²) in [4.78, 5) is 51.4. The highest BCUT2D eigenvalue weighted by Crippen LogP contribution is 2.34. The Bertz CT molecular complexity index is 1610. The summed E-state index contributed by atoms with van der Waals surface area (Å²) in [5, 5.41) is 14.1. The van der Waals surface area contributed by atoms with Gasteiger partial charge >= 0.3 is 18.2 Å². The van der Waals surface area contributed by atoms with E-state index in [4.69, 9.17) is 18.9 Å². The third kappa shape index (κ3) is 8.98. The zero-order chi connectivity index (χ0) is 35.4. The van der Waals surface area contributed by atoms with Crippen molar-refractivity contribution in [1.29, 1.82) is 0 Å². The summed E-state index contributed by atoms with van der Waals surface area (Å²) in [6.07, 6.45) is -3.10. The number of hydrogen-bond donors (Lipinski definition) is 2. The minimum absolute atomic E-state index is 0.00305. The third-order valence-electron chi connectivity index (χ3n) is 7.18. The maximum Gasteiger partial charge on any atom is 0.420 e. The van der Waals surface area contributed by atoms with Gasteiger partial charge in [0.25, 0.3) is 5.91 Å². The smallest absolute Gasteiger partial charge is 0.420 e. The molecular weight excluding hydrogens is 618 g/mol. The molecular formula is C35H45N5O8. The molecule has 1 aromatic heterocycles. The molecule has 13 heteroatoms. The lowest BCUT2D eigenvalue weighted by atomic mass is 9.94. The highest BCUT2D eigenvalue weighted by atomic mass is 16.7. The molecule has 0 radical (unpaired) electrons. The maximum absolute atomic E-state index is 14.2. The molecule has 1 aliphatic rings. The Kier molecular flexibility index (Phi) is 10.6. The second-order valence-corrected chi connectivity index (χ2v) is 13.8. The highest BCUT2D eigenvalue weighted by molar-refractivity contribution is 6.12. The Hall–Kier alpha value is -4.75. The summed E-state index contributed by atoms with van der Waals surface area (Å²) in [6.45, 7) is 14.3. The number of aliphatic hydroxyl groups is 1. The van der Waals surface area contributed by atoms with Crippen molar-refractivity contribution in [3.05, 3.63) is 77.0 Å². The van der Waals surface area contributed by atoms with Crippen molar-refractivity contribution in [2.24, 2.45) is 0 Å². The van der Waals surface area contributed by atoms with E-state index in [2.05, 4.69) is 15.3 Å². The fourth-order valence-electron chi connectivity index (χ4n) is 4.94. The molecule has 0 saturated carbocycles. The summed E-state index contributed by atoms with van der Waals surface area (Å²) in [5.74, 6) is -0.714. The summed E-state index contributed by atoms with van der Waals surface area (Å²) in [5.41, 5.74) is -0.0566. The van der Waals surface area contributed by atoms with Crippen LogP contribution in [-0.2, 0) is 32.8 Å². The molecule has 2 aromatic carbocycles. The number of carbonyl (C=O) groups is 3. The van der Waals surface area contributed by atoms with Crippen LogP contribution in [0.1, 0.15) is 82.6 Å². The molecule has 1 aliphatic heterocycles. The predicted octanol–water partition coefficient (Wildman–Crippen LogP) is 5.68. The lowest BCUT2D eigenvalue weighted by molar-refractivity contribution is -0.163. The monoisotopic (exact) mass is 663 g/mol. The number of fused-ring (bicyclic) bond motifs is 1. The van der Waals surface area contributed by atoms with Crippen molar-refractivity contribution in [3.8, 4) is 6.01 Å². The van der Waals surface area contributed by atoms with Crippen molar-refractivity contribution in [1.82, 2.24) is 15.3 Å². The number of methoxy groups -OCH3 is 1. The summed E-state index contributed by atoms with van der Waals surface area (Å²) in [6, 6.07) is 16.5. The van der Waals surface area contributed by atoms with Gasteiger partial charge in [0.15, 0.2) is 5.82 Å². The number of anilines is 2. The Morgan fingerprint density at radius 2 is 1.60 bits per heavy atom. The molecule has 2 N–H and O–H groups in total. The molecule has 0 spiro atoms. The van der Waals surface area contributed by atoms with Crippen LogP contribution in [0.15, 0.2) is 54.6 Å². The Labute approximate surface area is 281 Å². The van der Waals surface area contributed by atoms with Gasteiger partial charge in [-0.1, -0.05) is 42.5 Å². The average molecular weight is 664 g/mol. The quantitative estimate of drug-likeness (QED) is 0.274. The number of amides is 3. The van der Waals surface area contributed by atoms with Crippen molar-refractivity contribution >= 4 is 29.6 Å². The fraction of sp³-hybridized carbons (Fsp3) is 0.457. The van der Waals surface area contributed by atoms with E-state index in [1.807, 2.05) is 56.3 Å². The number of carbonyl (C=O) groups excluding carboxylic acids is 3. The zero-order valence-electron chi connectivity index (χ0n) is 29.0. The van der Waals surface area contributed by atoms with Gasteiger partial charge in [0.1, 0.15) is 17.8 Å². The molecule has 4 rings (SSSR count). The van der Waals surface area contributed by atoms with Crippen LogP contribution in [0.3, 0.4) is 0 Å². The topological polar surface area (TPSA) is 153 Å². The molecule has 1 atom stereocenters. The van der Waals surface area contributed by atoms with E-state index in [1.165, 1.54) is 12.0 Å². The van der Waals surface area contributed by atoms with Gasteiger partial charge in [-0.2, -0.15) is 9.97 Å². The molecule has 3 amide bonds. The largest absolute Gasteiger partial charge is 0.467 e. The van der Waals surface area contributed by atoms with Gasteiger partial charge in [-0.05, 0) is 78.6 Å². The second kappa shape index (κ2) is 14.2. The van der Waals surface area contributed by atoms with Gasteiger partial charge < -0.3 is 34.3 Å². The van der Waals surface area contributed by atoms with Gasteiger partial charge in [-0.3, -0.25) is 4.79 Å². The fourth-order valence-corrected chi connectivity index (χ4v) is 4.94. The normalized spacial score (nSPS) is 14.1. The zero-order valence-corrected chi connectivity index (χ0v) is 29.0. The van der Waals surface area contributed by atoms with Crippen molar-refractivity contribution in [3.63, 3.8) is 0 Å². The van der Waals surface area contributed by atoms with Gasteiger partial charge in [0.05, 0.1) is 23.9 Å². The minimum Gasteiger partial charge on any atom is -0.467 e. The second-order valence-electron chi connectivity index (χ2n) is 13.8. The first kappa shape index (κ1) is 36.1. The first-order valence-corrected chi connectivity index (χ1v) is 15.6. The summed E-state index contributed by atoms with van der Waals surface area (Å²) >= 11 is 0. The molecule has 0 saturated heterocycles. The minimum atomic E-state index is -1.86. The van der Waals surface area contributed by atoms with E-state index in [-0.39, 0.29) is 30.5 Å². The van der Waals surface area contributed by atoms with Crippen molar-refractivity contribution < 1.29 is 38.4 Å². The molecule has 3 aromatic rings. The third-order valence-corrected chi connectivity index (χ3v) is 7.18. The van der Waals surface area contributed by atoms with E-state index < -0.39 is 41.2 Å². The number of nitrogens with one attached hydrogen (secondary N) is 1. The van der Waals surface area contributed by atoms with Crippen molar-refractivity contribution in [2.45, 2.75) is 91.6 Å². The highest BCUT2D eigenvalue weighted by Gasteiger charge is 2.40. The SMILES string of the molecule is COc1nc2c(c(N(C(=O)OC(C)(C)C)C(O)OC(C)(C)C)n1)C(=O)N(c1ccc(C(C)(C)NC(=O)OCc3ccccc3)cc1)CC2. The van der Waals surface area contributed by atoms with Gasteiger partial charge in [0.2, 0.25) is 6.41 Å². The molecule has 0 fully saturated rings. The molecule has 2 heterocycles. The van der Waals surface area contributed by atoms with Crippen LogP contribution >= 0.6 is 0 Å². The number of alkyl carbamates (subject to hydrolysis) is 1. The molecule has 1 unspecified atom stereocenters. The standard InChI is InChI=1S/C35H45N5O8/c1-33(2,3)47-31(43)40(32(44)48-34(4,5)6)27-26-25(36-29(37-27)45-9)19-20-39(28(26)41)24-17-15-23(16-18-24)35(7,8)38-30(42)46-21-22-13-11-10-12-14-22/h10-18,31,43H,19-21H2,1-9H3,(H,38,42). The van der Waals surface area contributed by atoms with Crippen LogP contribution in [-0.4, -0.2) is 64.4 Å². The predicted molar refractivity (Wildman–Crippen MR) is 179 cm³/mol. The van der Waals surface area contributed by atoms with Gasteiger partial charge in [0, 0.05) is 18.7 Å².